The number of halogens is 1. The number of benzene rings is 1. The third-order valence-corrected chi connectivity index (χ3v) is 3.17. The highest BCUT2D eigenvalue weighted by molar-refractivity contribution is 6.35. The van der Waals surface area contributed by atoms with E-state index in [-0.39, 0.29) is 0 Å². The molecule has 0 aliphatic carbocycles. The molecule has 2 nitrogen and oxygen atoms in total. The molecule has 0 aliphatic heterocycles. The van der Waals surface area contributed by atoms with Crippen LogP contribution in [0.4, 0.5) is 0 Å². The zero-order chi connectivity index (χ0) is 12.3. The van der Waals surface area contributed by atoms with Crippen LogP contribution >= 0.6 is 11.6 Å². The maximum atomic E-state index is 6.14. The molecular weight excluding hydrogens is 232 g/mol. The van der Waals surface area contributed by atoms with Crippen molar-refractivity contribution in [2.45, 2.75) is 20.4 Å². The molecular formula is C14H19ClN2. The van der Waals surface area contributed by atoms with Gasteiger partial charge in [0.25, 0.3) is 0 Å². The van der Waals surface area contributed by atoms with Gasteiger partial charge < -0.3 is 9.88 Å². The Kier molecular flexibility index (Phi) is 4.08. The molecule has 92 valence electrons. The zero-order valence-corrected chi connectivity index (χ0v) is 11.2. The van der Waals surface area contributed by atoms with Crippen molar-refractivity contribution in [2.75, 3.05) is 13.1 Å². The van der Waals surface area contributed by atoms with Crippen molar-refractivity contribution in [2.24, 2.45) is 5.92 Å². The van der Waals surface area contributed by atoms with E-state index in [2.05, 4.69) is 42.1 Å². The Morgan fingerprint density at radius 2 is 2.12 bits per heavy atom. The van der Waals surface area contributed by atoms with Crippen molar-refractivity contribution in [3.8, 4) is 0 Å². The molecule has 17 heavy (non-hydrogen) atoms. The lowest BCUT2D eigenvalue weighted by Crippen LogP contribution is -2.23. The first-order chi connectivity index (χ1) is 8.18. The van der Waals surface area contributed by atoms with Crippen molar-refractivity contribution in [1.82, 2.24) is 9.88 Å². The molecule has 0 aliphatic rings. The first kappa shape index (κ1) is 12.5. The van der Waals surface area contributed by atoms with Gasteiger partial charge in [0, 0.05) is 35.2 Å². The van der Waals surface area contributed by atoms with E-state index in [0.717, 1.165) is 30.0 Å². The quantitative estimate of drug-likeness (QED) is 0.804. The first-order valence-corrected chi connectivity index (χ1v) is 6.50. The van der Waals surface area contributed by atoms with Gasteiger partial charge in [-0.05, 0) is 30.7 Å². The van der Waals surface area contributed by atoms with E-state index >= 15 is 0 Å². The lowest BCUT2D eigenvalue weighted by molar-refractivity contribution is 0.529. The highest BCUT2D eigenvalue weighted by Crippen LogP contribution is 2.23. The van der Waals surface area contributed by atoms with Crippen LogP contribution < -0.4 is 5.32 Å². The monoisotopic (exact) mass is 250 g/mol. The Morgan fingerprint density at radius 1 is 1.29 bits per heavy atom. The predicted molar refractivity (Wildman–Crippen MR) is 74.7 cm³/mol. The van der Waals surface area contributed by atoms with Gasteiger partial charge in [-0.25, -0.2) is 0 Å². The molecule has 0 saturated heterocycles. The minimum atomic E-state index is 0.700. The summed E-state index contributed by atoms with van der Waals surface area (Å²) in [7, 11) is 0. The zero-order valence-electron chi connectivity index (χ0n) is 10.4. The second-order valence-corrected chi connectivity index (χ2v) is 5.19. The predicted octanol–water partition coefficient (Wildman–Crippen LogP) is 3.54. The van der Waals surface area contributed by atoms with Crippen LogP contribution in [0.3, 0.4) is 0 Å². The summed E-state index contributed by atoms with van der Waals surface area (Å²) >= 11 is 6.14. The van der Waals surface area contributed by atoms with Crippen LogP contribution in [0.15, 0.2) is 30.5 Å². The molecule has 0 radical (unpaired) electrons. The van der Waals surface area contributed by atoms with E-state index in [4.69, 9.17) is 11.6 Å². The van der Waals surface area contributed by atoms with E-state index in [0.29, 0.717) is 5.92 Å². The van der Waals surface area contributed by atoms with Crippen molar-refractivity contribution in [1.29, 1.82) is 0 Å². The van der Waals surface area contributed by atoms with Gasteiger partial charge in [-0.15, -0.1) is 0 Å². The van der Waals surface area contributed by atoms with E-state index < -0.39 is 0 Å². The molecule has 0 amide bonds. The van der Waals surface area contributed by atoms with Crippen molar-refractivity contribution in [3.05, 3.63) is 35.5 Å². The number of fused-ring (bicyclic) bond motifs is 1. The number of rotatable bonds is 5. The fraction of sp³-hybridized carbons (Fsp3) is 0.429. The normalized spacial score (nSPS) is 11.5. The Balaban J connectivity index is 2.02. The molecule has 0 atom stereocenters. The van der Waals surface area contributed by atoms with Crippen LogP contribution in [0.5, 0.6) is 0 Å². The maximum Gasteiger partial charge on any atom is 0.0499 e. The summed E-state index contributed by atoms with van der Waals surface area (Å²) in [5.74, 6) is 0.700. The second-order valence-electron chi connectivity index (χ2n) is 4.78. The molecule has 0 bridgehead atoms. The van der Waals surface area contributed by atoms with Crippen LogP contribution in [0, 0.1) is 5.92 Å². The lowest BCUT2D eigenvalue weighted by Gasteiger charge is -2.09. The van der Waals surface area contributed by atoms with Crippen molar-refractivity contribution >= 4 is 22.5 Å². The minimum absolute atomic E-state index is 0.700. The fourth-order valence-corrected chi connectivity index (χ4v) is 2.20. The van der Waals surface area contributed by atoms with Crippen LogP contribution in [-0.2, 0) is 6.54 Å². The summed E-state index contributed by atoms with van der Waals surface area (Å²) in [4.78, 5) is 0. The van der Waals surface area contributed by atoms with Crippen molar-refractivity contribution in [3.63, 3.8) is 0 Å². The van der Waals surface area contributed by atoms with Gasteiger partial charge in [-0.3, -0.25) is 0 Å². The number of hydrogen-bond donors (Lipinski definition) is 1. The molecule has 1 aromatic heterocycles. The summed E-state index contributed by atoms with van der Waals surface area (Å²) in [5, 5.41) is 5.42. The molecule has 0 spiro atoms. The highest BCUT2D eigenvalue weighted by Gasteiger charge is 2.03. The summed E-state index contributed by atoms with van der Waals surface area (Å²) in [6, 6.07) is 8.14. The summed E-state index contributed by atoms with van der Waals surface area (Å²) in [5.41, 5.74) is 1.21. The average molecular weight is 251 g/mol. The summed E-state index contributed by atoms with van der Waals surface area (Å²) < 4.78 is 2.24. The van der Waals surface area contributed by atoms with Crippen LogP contribution in [0.2, 0.25) is 5.02 Å². The maximum absolute atomic E-state index is 6.14. The Hall–Kier alpha value is -0.990. The first-order valence-electron chi connectivity index (χ1n) is 6.12. The van der Waals surface area contributed by atoms with E-state index in [1.54, 1.807) is 0 Å². The fourth-order valence-electron chi connectivity index (χ4n) is 1.97. The minimum Gasteiger partial charge on any atom is -0.346 e. The molecule has 0 fully saturated rings. The van der Waals surface area contributed by atoms with Crippen LogP contribution in [-0.4, -0.2) is 17.7 Å². The number of aromatic nitrogens is 1. The van der Waals surface area contributed by atoms with Crippen LogP contribution in [0.25, 0.3) is 10.9 Å². The highest BCUT2D eigenvalue weighted by atomic mass is 35.5. The third kappa shape index (κ3) is 3.02. The molecule has 3 heteroatoms. The van der Waals surface area contributed by atoms with Gasteiger partial charge in [-0.1, -0.05) is 31.5 Å². The largest absolute Gasteiger partial charge is 0.346 e. The standard InChI is InChI=1S/C14H19ClN2/c1-11(2)10-16-7-9-17-8-6-12-13(15)4-3-5-14(12)17/h3-6,8,11,16H,7,9-10H2,1-2H3. The topological polar surface area (TPSA) is 17.0 Å². The van der Waals surface area contributed by atoms with Gasteiger partial charge >= 0.3 is 0 Å². The molecule has 0 saturated carbocycles. The third-order valence-electron chi connectivity index (χ3n) is 2.84. The Morgan fingerprint density at radius 3 is 2.88 bits per heavy atom. The van der Waals surface area contributed by atoms with Gasteiger partial charge in [0.15, 0.2) is 0 Å². The van der Waals surface area contributed by atoms with E-state index in [9.17, 15) is 0 Å². The van der Waals surface area contributed by atoms with Gasteiger partial charge in [0.1, 0.15) is 0 Å². The number of nitrogens with one attached hydrogen (secondary N) is 1. The van der Waals surface area contributed by atoms with Gasteiger partial charge in [0.2, 0.25) is 0 Å². The smallest absolute Gasteiger partial charge is 0.0499 e. The van der Waals surface area contributed by atoms with Crippen LogP contribution in [0.1, 0.15) is 13.8 Å². The molecule has 2 rings (SSSR count). The molecule has 2 aromatic rings. The SMILES string of the molecule is CC(C)CNCCn1ccc2c(Cl)cccc21. The Labute approximate surface area is 108 Å². The van der Waals surface area contributed by atoms with Gasteiger partial charge in [0.05, 0.1) is 0 Å². The molecule has 1 heterocycles. The number of hydrogen-bond acceptors (Lipinski definition) is 1. The lowest BCUT2D eigenvalue weighted by atomic mass is 10.2. The average Bonchev–Trinajstić information content (AvgIpc) is 2.69. The Bertz CT molecular complexity index is 488. The summed E-state index contributed by atoms with van der Waals surface area (Å²) in [6.07, 6.45) is 2.10. The summed E-state index contributed by atoms with van der Waals surface area (Å²) in [6.45, 7) is 7.49. The van der Waals surface area contributed by atoms with E-state index in [1.807, 2.05) is 12.1 Å². The second kappa shape index (κ2) is 5.56. The molecule has 1 N–H and O–H groups in total. The van der Waals surface area contributed by atoms with E-state index in [1.165, 1.54) is 5.52 Å². The van der Waals surface area contributed by atoms with Gasteiger partial charge in [-0.2, -0.15) is 0 Å². The number of nitrogens with zero attached hydrogens (tertiary/aromatic N) is 1. The molecule has 1 aromatic carbocycles. The molecule has 0 unspecified atom stereocenters. The van der Waals surface area contributed by atoms with Crippen molar-refractivity contribution < 1.29 is 0 Å².